The molecule has 0 saturated carbocycles. The lowest BCUT2D eigenvalue weighted by atomic mass is 10.1. The van der Waals surface area contributed by atoms with Crippen molar-refractivity contribution in [3.05, 3.63) is 108 Å². The molecular formula is C36H41N15O. The molecule has 13 N–H and O–H groups in total. The van der Waals surface area contributed by atoms with E-state index in [1.807, 2.05) is 84.9 Å². The molecule has 0 fully saturated rings. The molecule has 6 aromatic rings. The molecule has 16 heteroatoms. The normalized spacial score (nSPS) is 10.7. The number of hydrogen-bond donors (Lipinski definition) is 10. The van der Waals surface area contributed by atoms with Gasteiger partial charge in [-0.15, -0.1) is 0 Å². The van der Waals surface area contributed by atoms with E-state index >= 15 is 0 Å². The van der Waals surface area contributed by atoms with Crippen molar-refractivity contribution in [1.29, 1.82) is 0 Å². The van der Waals surface area contributed by atoms with E-state index in [0.29, 0.717) is 73.1 Å². The minimum Gasteiger partial charge on any atom is -0.399 e. The molecule has 2 heterocycles. The maximum absolute atomic E-state index is 9.26. The van der Waals surface area contributed by atoms with Gasteiger partial charge in [-0.2, -0.15) is 29.9 Å². The summed E-state index contributed by atoms with van der Waals surface area (Å²) in [5, 5.41) is 28.5. The maximum atomic E-state index is 9.26. The highest BCUT2D eigenvalue weighted by Crippen LogP contribution is 2.22. The van der Waals surface area contributed by atoms with E-state index in [1.165, 1.54) is 0 Å². The number of anilines is 12. The van der Waals surface area contributed by atoms with Crippen LogP contribution in [0.3, 0.4) is 0 Å². The van der Waals surface area contributed by atoms with Crippen molar-refractivity contribution in [3.8, 4) is 0 Å². The fourth-order valence-corrected chi connectivity index (χ4v) is 5.09. The van der Waals surface area contributed by atoms with Crippen molar-refractivity contribution >= 4 is 69.8 Å². The Kier molecular flexibility index (Phi) is 11.5. The first-order chi connectivity index (χ1) is 25.4. The minimum absolute atomic E-state index is 0.0606. The summed E-state index contributed by atoms with van der Waals surface area (Å²) in [6, 6.07) is 30.4. The number of nitrogens with zero attached hydrogens (tertiary/aromatic N) is 6. The van der Waals surface area contributed by atoms with Gasteiger partial charge >= 0.3 is 0 Å². The predicted octanol–water partition coefficient (Wildman–Crippen LogP) is 4.75. The fraction of sp³-hybridized carbons (Fsp3) is 0.167. The van der Waals surface area contributed by atoms with E-state index in [0.717, 1.165) is 40.3 Å². The number of aliphatic hydroxyl groups excluding tert-OH is 1. The van der Waals surface area contributed by atoms with Crippen LogP contribution in [0.5, 0.6) is 0 Å². The second kappa shape index (κ2) is 17.1. The minimum atomic E-state index is -0.0606. The second-order valence-electron chi connectivity index (χ2n) is 11.7. The lowest BCUT2D eigenvalue weighted by Crippen LogP contribution is -2.14. The van der Waals surface area contributed by atoms with Crippen LogP contribution >= 0.6 is 0 Å². The molecule has 16 nitrogen and oxygen atoms in total. The van der Waals surface area contributed by atoms with Gasteiger partial charge in [0.2, 0.25) is 35.7 Å². The van der Waals surface area contributed by atoms with E-state index in [1.54, 1.807) is 12.1 Å². The van der Waals surface area contributed by atoms with E-state index in [-0.39, 0.29) is 6.61 Å². The highest BCUT2D eigenvalue weighted by molar-refractivity contribution is 5.63. The van der Waals surface area contributed by atoms with Crippen LogP contribution in [0.2, 0.25) is 0 Å². The molecule has 0 aliphatic heterocycles. The Morgan fingerprint density at radius 3 is 1.35 bits per heavy atom. The summed E-state index contributed by atoms with van der Waals surface area (Å²) in [5.74, 6) is 2.19. The summed E-state index contributed by atoms with van der Waals surface area (Å²) in [6.07, 6.45) is 1.44. The van der Waals surface area contributed by atoms with Gasteiger partial charge in [-0.1, -0.05) is 36.4 Å². The fourth-order valence-electron chi connectivity index (χ4n) is 5.09. The van der Waals surface area contributed by atoms with Gasteiger partial charge in [0.1, 0.15) is 0 Å². The van der Waals surface area contributed by atoms with Crippen LogP contribution < -0.4 is 49.1 Å². The summed E-state index contributed by atoms with van der Waals surface area (Å²) in [7, 11) is 0. The number of benzene rings is 4. The Bertz CT molecular complexity index is 2080. The number of nitrogen functional groups attached to an aromatic ring is 3. The summed E-state index contributed by atoms with van der Waals surface area (Å²) in [4.78, 5) is 27.1. The first kappa shape index (κ1) is 34.9. The van der Waals surface area contributed by atoms with E-state index in [4.69, 9.17) is 17.2 Å². The van der Waals surface area contributed by atoms with Gasteiger partial charge in [-0.25, -0.2) is 0 Å². The molecule has 0 unspecified atom stereocenters. The monoisotopic (exact) mass is 699 g/mol. The van der Waals surface area contributed by atoms with Gasteiger partial charge in [0.25, 0.3) is 0 Å². The lowest BCUT2D eigenvalue weighted by Gasteiger charge is -2.13. The summed E-state index contributed by atoms with van der Waals surface area (Å²) >= 11 is 0. The highest BCUT2D eigenvalue weighted by atomic mass is 16.3. The first-order valence-corrected chi connectivity index (χ1v) is 16.7. The van der Waals surface area contributed by atoms with Crippen molar-refractivity contribution in [2.45, 2.75) is 12.8 Å². The first-order valence-electron chi connectivity index (χ1n) is 16.7. The third-order valence-electron chi connectivity index (χ3n) is 7.51. The number of hydrogen-bond acceptors (Lipinski definition) is 16. The van der Waals surface area contributed by atoms with Crippen molar-refractivity contribution in [2.75, 3.05) is 75.3 Å². The summed E-state index contributed by atoms with van der Waals surface area (Å²) in [6.45, 7) is 1.40. The van der Waals surface area contributed by atoms with Gasteiger partial charge in [0.05, 0.1) is 6.61 Å². The quantitative estimate of drug-likeness (QED) is 0.0577. The summed E-state index contributed by atoms with van der Waals surface area (Å²) in [5.41, 5.74) is 24.3. The van der Waals surface area contributed by atoms with Gasteiger partial charge in [0, 0.05) is 53.8 Å². The van der Waals surface area contributed by atoms with Gasteiger partial charge in [0.15, 0.2) is 0 Å². The standard InChI is InChI=1S/C36H41N15O/c37-25-5-1-4-24(20-25)15-17-41-32-48-34(51-36(49-32)45-30-9-3-7-27(39)22-30)43-28-12-10-23(11-13-28)14-16-40-31-46-33(42-18-19-52)50-35(47-31)44-29-8-2-6-26(38)21-29/h1-13,20-22,52H,14-19,37-39H2,(H3,40,42,44,46,47,50)(H3,41,43,45,48,49,51). The molecule has 0 saturated heterocycles. The van der Waals surface area contributed by atoms with Crippen LogP contribution in [-0.4, -0.2) is 61.3 Å². The predicted molar refractivity (Wildman–Crippen MR) is 208 cm³/mol. The van der Waals surface area contributed by atoms with E-state index in [2.05, 4.69) is 61.8 Å². The number of nitrogens with one attached hydrogen (secondary N) is 6. The van der Waals surface area contributed by atoms with Crippen molar-refractivity contribution in [3.63, 3.8) is 0 Å². The molecule has 4 aromatic carbocycles. The van der Waals surface area contributed by atoms with Crippen LogP contribution in [0.4, 0.5) is 69.8 Å². The molecular weight excluding hydrogens is 658 g/mol. The molecule has 2 aromatic heterocycles. The van der Waals surface area contributed by atoms with Crippen molar-refractivity contribution < 1.29 is 5.11 Å². The molecule has 0 spiro atoms. The maximum Gasteiger partial charge on any atom is 0.233 e. The molecule has 0 radical (unpaired) electrons. The largest absolute Gasteiger partial charge is 0.399 e. The number of aromatic nitrogens is 6. The smallest absolute Gasteiger partial charge is 0.233 e. The number of aliphatic hydroxyl groups is 1. The molecule has 0 aliphatic carbocycles. The zero-order valence-electron chi connectivity index (χ0n) is 28.3. The van der Waals surface area contributed by atoms with E-state index < -0.39 is 0 Å². The molecule has 0 aliphatic rings. The Balaban J connectivity index is 1.09. The van der Waals surface area contributed by atoms with Crippen LogP contribution in [0.25, 0.3) is 0 Å². The third kappa shape index (κ3) is 10.5. The molecule has 52 heavy (non-hydrogen) atoms. The van der Waals surface area contributed by atoms with Gasteiger partial charge in [-0.3, -0.25) is 0 Å². The van der Waals surface area contributed by atoms with Gasteiger partial charge < -0.3 is 54.2 Å². The molecule has 6 rings (SSSR count). The van der Waals surface area contributed by atoms with Crippen LogP contribution in [0, 0.1) is 0 Å². The third-order valence-corrected chi connectivity index (χ3v) is 7.51. The summed E-state index contributed by atoms with van der Waals surface area (Å²) < 4.78 is 0. The number of rotatable bonds is 17. The zero-order chi connectivity index (χ0) is 36.1. The Hall–Kier alpha value is -6.94. The van der Waals surface area contributed by atoms with Crippen molar-refractivity contribution in [2.24, 2.45) is 0 Å². The van der Waals surface area contributed by atoms with Crippen molar-refractivity contribution in [1.82, 2.24) is 29.9 Å². The van der Waals surface area contributed by atoms with Crippen LogP contribution in [0.1, 0.15) is 11.1 Å². The molecule has 0 bridgehead atoms. The zero-order valence-corrected chi connectivity index (χ0v) is 28.3. The lowest BCUT2D eigenvalue weighted by molar-refractivity contribution is 0.311. The average Bonchev–Trinajstić information content (AvgIpc) is 3.11. The topological polar surface area (TPSA) is 248 Å². The van der Waals surface area contributed by atoms with E-state index in [9.17, 15) is 5.11 Å². The van der Waals surface area contributed by atoms with Crippen LogP contribution in [-0.2, 0) is 12.8 Å². The Morgan fingerprint density at radius 2 is 0.846 bits per heavy atom. The Labute approximate surface area is 300 Å². The molecule has 0 atom stereocenters. The highest BCUT2D eigenvalue weighted by Gasteiger charge is 2.10. The Morgan fingerprint density at radius 1 is 0.423 bits per heavy atom. The number of nitrogens with two attached hydrogens (primary N) is 3. The van der Waals surface area contributed by atoms with Gasteiger partial charge in [-0.05, 0) is 84.6 Å². The molecule has 0 amide bonds. The van der Waals surface area contributed by atoms with Crippen LogP contribution in [0.15, 0.2) is 97.1 Å². The SMILES string of the molecule is Nc1cccc(CCNc2nc(Nc3ccc(CCNc4nc(NCCO)nc(Nc5cccc(N)c5)n4)cc3)nc(Nc3cccc(N)c3)n2)c1. The molecule has 266 valence electrons. The second-order valence-corrected chi connectivity index (χ2v) is 11.7. The average molecular weight is 700 g/mol.